The molecule has 0 saturated heterocycles. The van der Waals surface area contributed by atoms with Gasteiger partial charge in [0.1, 0.15) is 19.8 Å². The minimum absolute atomic E-state index is 0.118. The third-order valence-corrected chi connectivity index (χ3v) is 3.90. The van der Waals surface area contributed by atoms with Crippen LogP contribution in [-0.4, -0.2) is 56.2 Å². The van der Waals surface area contributed by atoms with Crippen LogP contribution in [0, 0.1) is 0 Å². The number of imide groups is 1. The van der Waals surface area contributed by atoms with Crippen molar-refractivity contribution < 1.29 is 41.8 Å². The van der Waals surface area contributed by atoms with E-state index in [0.29, 0.717) is 29.6 Å². The normalized spacial score (nSPS) is 12.9. The number of carbonyl (C=O) groups is 3. The molecule has 3 amide bonds. The van der Waals surface area contributed by atoms with Gasteiger partial charge in [-0.3, -0.25) is 14.9 Å². The molecule has 0 unspecified atom stereocenters. The van der Waals surface area contributed by atoms with Gasteiger partial charge < -0.3 is 19.5 Å². The van der Waals surface area contributed by atoms with Crippen molar-refractivity contribution in [3.63, 3.8) is 0 Å². The Hall–Kier alpha value is -2.63. The molecule has 1 aromatic carbocycles. The Morgan fingerprint density at radius 3 is 2.56 bits per heavy atom. The minimum atomic E-state index is -4.60. The fraction of sp³-hybridized carbons (Fsp3) is 0.400. The number of nitrogens with one attached hydrogen (secondary N) is 2. The molecular weight excluding hydrogens is 393 g/mol. The third kappa shape index (κ3) is 7.64. The van der Waals surface area contributed by atoms with Gasteiger partial charge in [0.15, 0.2) is 18.1 Å². The van der Waals surface area contributed by atoms with Crippen molar-refractivity contribution in [3.05, 3.63) is 18.2 Å². The monoisotopic (exact) mass is 408 g/mol. The average Bonchev–Trinajstić information content (AvgIpc) is 2.62. The zero-order chi connectivity index (χ0) is 19.9. The van der Waals surface area contributed by atoms with Crippen LogP contribution in [0.25, 0.3) is 0 Å². The predicted molar refractivity (Wildman–Crippen MR) is 86.7 cm³/mol. The van der Waals surface area contributed by atoms with Gasteiger partial charge in [0, 0.05) is 4.90 Å². The van der Waals surface area contributed by atoms with E-state index in [1.165, 1.54) is 5.32 Å². The van der Waals surface area contributed by atoms with Gasteiger partial charge in [0.2, 0.25) is 0 Å². The maximum absolute atomic E-state index is 11.9. The van der Waals surface area contributed by atoms with E-state index in [1.54, 1.807) is 23.5 Å². The second-order valence-corrected chi connectivity index (χ2v) is 6.15. The first-order chi connectivity index (χ1) is 12.7. The Kier molecular flexibility index (Phi) is 7.16. The van der Waals surface area contributed by atoms with Crippen molar-refractivity contribution in [3.8, 4) is 11.5 Å². The summed E-state index contributed by atoms with van der Waals surface area (Å²) >= 11 is 1.13. The zero-order valence-electron chi connectivity index (χ0n) is 13.8. The second kappa shape index (κ2) is 9.35. The van der Waals surface area contributed by atoms with Crippen LogP contribution in [0.4, 0.5) is 18.0 Å². The van der Waals surface area contributed by atoms with Gasteiger partial charge in [-0.15, -0.1) is 11.8 Å². The van der Waals surface area contributed by atoms with Crippen LogP contribution < -0.4 is 20.1 Å². The number of thioether (sulfide) groups is 1. The number of urea groups is 1. The molecule has 0 radical (unpaired) electrons. The molecule has 8 nitrogen and oxygen atoms in total. The summed E-state index contributed by atoms with van der Waals surface area (Å²) < 4.78 is 51.2. The Balaban J connectivity index is 1.67. The highest BCUT2D eigenvalue weighted by Crippen LogP contribution is 2.34. The summed E-state index contributed by atoms with van der Waals surface area (Å²) in [6.45, 7) is -1.49. The molecule has 0 spiro atoms. The van der Waals surface area contributed by atoms with Crippen molar-refractivity contribution in [2.75, 3.05) is 32.1 Å². The fourth-order valence-electron chi connectivity index (χ4n) is 1.83. The maximum atomic E-state index is 11.9. The maximum Gasteiger partial charge on any atom is 0.405 e. The molecule has 27 heavy (non-hydrogen) atoms. The number of esters is 1. The molecule has 2 N–H and O–H groups in total. The molecule has 1 aromatic rings. The largest absolute Gasteiger partial charge is 0.486 e. The number of hydrogen-bond donors (Lipinski definition) is 2. The lowest BCUT2D eigenvalue weighted by atomic mass is 10.3. The molecule has 2 rings (SSSR count). The molecule has 148 valence electrons. The van der Waals surface area contributed by atoms with Gasteiger partial charge in [-0.05, 0) is 18.2 Å². The van der Waals surface area contributed by atoms with Crippen LogP contribution in [0.15, 0.2) is 23.1 Å². The number of alkyl halides is 3. The van der Waals surface area contributed by atoms with E-state index in [-0.39, 0.29) is 5.75 Å². The summed E-state index contributed by atoms with van der Waals surface area (Å²) in [5, 5.41) is 3.06. The third-order valence-electron chi connectivity index (χ3n) is 2.94. The quantitative estimate of drug-likeness (QED) is 0.543. The molecule has 1 aliphatic rings. The van der Waals surface area contributed by atoms with Crippen LogP contribution in [0.1, 0.15) is 0 Å². The van der Waals surface area contributed by atoms with Gasteiger partial charge in [0.05, 0.1) is 5.75 Å². The van der Waals surface area contributed by atoms with E-state index < -0.39 is 37.2 Å². The number of amides is 3. The molecule has 0 saturated carbocycles. The van der Waals surface area contributed by atoms with Crippen LogP contribution >= 0.6 is 11.8 Å². The van der Waals surface area contributed by atoms with Gasteiger partial charge in [-0.2, -0.15) is 13.2 Å². The summed E-state index contributed by atoms with van der Waals surface area (Å²) in [6.07, 6.45) is -4.60. The SMILES string of the molecule is O=C(COC(=O)CSc1ccc2c(c1)OCCO2)NC(=O)NCC(F)(F)F. The van der Waals surface area contributed by atoms with E-state index in [1.807, 2.05) is 0 Å². The summed E-state index contributed by atoms with van der Waals surface area (Å²) in [4.78, 5) is 34.8. The number of ether oxygens (including phenoxy) is 3. The number of carbonyl (C=O) groups excluding carboxylic acids is 3. The lowest BCUT2D eigenvalue weighted by Crippen LogP contribution is -2.44. The molecule has 1 aliphatic heterocycles. The van der Waals surface area contributed by atoms with Gasteiger partial charge in [-0.1, -0.05) is 0 Å². The van der Waals surface area contributed by atoms with E-state index in [9.17, 15) is 27.6 Å². The Bertz CT molecular complexity index is 713. The molecule has 0 aliphatic carbocycles. The average molecular weight is 408 g/mol. The van der Waals surface area contributed by atoms with Gasteiger partial charge in [-0.25, -0.2) is 4.79 Å². The highest BCUT2D eigenvalue weighted by atomic mass is 32.2. The zero-order valence-corrected chi connectivity index (χ0v) is 14.6. The lowest BCUT2D eigenvalue weighted by molar-refractivity contribution is -0.145. The highest BCUT2D eigenvalue weighted by Gasteiger charge is 2.28. The van der Waals surface area contributed by atoms with Crippen LogP contribution in [0.2, 0.25) is 0 Å². The first-order valence-corrected chi connectivity index (χ1v) is 8.54. The standard InChI is InChI=1S/C15H15F3N2O6S/c16-15(17,18)8-19-14(23)20-12(21)6-26-13(22)7-27-9-1-2-10-11(5-9)25-4-3-24-10/h1-2,5H,3-4,6-8H2,(H2,19,20,21,23). The van der Waals surface area contributed by atoms with Crippen molar-refractivity contribution in [2.24, 2.45) is 0 Å². The first kappa shape index (κ1) is 20.7. The summed E-state index contributed by atoms with van der Waals surface area (Å²) in [5.41, 5.74) is 0. The van der Waals surface area contributed by atoms with Crippen molar-refractivity contribution in [1.29, 1.82) is 0 Å². The molecule has 0 bridgehead atoms. The Morgan fingerprint density at radius 2 is 1.85 bits per heavy atom. The number of halogens is 3. The van der Waals surface area contributed by atoms with Crippen LogP contribution in [0.5, 0.6) is 11.5 Å². The lowest BCUT2D eigenvalue weighted by Gasteiger charge is -2.18. The molecular formula is C15H15F3N2O6S. The fourth-order valence-corrected chi connectivity index (χ4v) is 2.55. The van der Waals surface area contributed by atoms with Crippen molar-refractivity contribution >= 4 is 29.7 Å². The second-order valence-electron chi connectivity index (χ2n) is 5.10. The van der Waals surface area contributed by atoms with Crippen molar-refractivity contribution in [2.45, 2.75) is 11.1 Å². The van der Waals surface area contributed by atoms with E-state index >= 15 is 0 Å². The van der Waals surface area contributed by atoms with Gasteiger partial charge >= 0.3 is 18.2 Å². The van der Waals surface area contributed by atoms with E-state index in [2.05, 4.69) is 4.74 Å². The molecule has 0 fully saturated rings. The smallest absolute Gasteiger partial charge is 0.405 e. The number of hydrogen-bond acceptors (Lipinski definition) is 7. The molecule has 0 atom stereocenters. The predicted octanol–water partition coefficient (Wildman–Crippen LogP) is 1.48. The van der Waals surface area contributed by atoms with E-state index in [0.717, 1.165) is 11.8 Å². The van der Waals surface area contributed by atoms with Gasteiger partial charge in [0.25, 0.3) is 5.91 Å². The van der Waals surface area contributed by atoms with E-state index in [4.69, 9.17) is 9.47 Å². The summed E-state index contributed by atoms with van der Waals surface area (Å²) in [7, 11) is 0. The van der Waals surface area contributed by atoms with Crippen LogP contribution in [0.3, 0.4) is 0 Å². The number of benzene rings is 1. The van der Waals surface area contributed by atoms with Crippen LogP contribution in [-0.2, 0) is 14.3 Å². The minimum Gasteiger partial charge on any atom is -0.486 e. The first-order valence-electron chi connectivity index (χ1n) is 7.55. The number of rotatable bonds is 6. The number of fused-ring (bicyclic) bond motifs is 1. The highest BCUT2D eigenvalue weighted by molar-refractivity contribution is 8.00. The van der Waals surface area contributed by atoms with Crippen molar-refractivity contribution in [1.82, 2.24) is 10.6 Å². The summed E-state index contributed by atoms with van der Waals surface area (Å²) in [5.74, 6) is -0.738. The Labute approximate surface area is 155 Å². The molecule has 1 heterocycles. The topological polar surface area (TPSA) is 103 Å². The Morgan fingerprint density at radius 1 is 1.15 bits per heavy atom. The molecule has 12 heteroatoms. The molecule has 0 aromatic heterocycles. The summed E-state index contributed by atoms with van der Waals surface area (Å²) in [6, 6.07) is 3.79.